The zero-order valence-corrected chi connectivity index (χ0v) is 15.2. The first kappa shape index (κ1) is 19.8. The van der Waals surface area contributed by atoms with Crippen molar-refractivity contribution in [3.8, 4) is 10.4 Å². The Kier molecular flexibility index (Phi) is 6.46. The number of aliphatic hydroxyl groups is 1. The Hall–Kier alpha value is -1.97. The van der Waals surface area contributed by atoms with Crippen LogP contribution in [-0.2, 0) is 11.3 Å². The number of amides is 1. The molecule has 27 heavy (non-hydrogen) atoms. The van der Waals surface area contributed by atoms with Crippen molar-refractivity contribution in [2.75, 3.05) is 6.67 Å². The van der Waals surface area contributed by atoms with Gasteiger partial charge in [0.15, 0.2) is 0 Å². The van der Waals surface area contributed by atoms with Crippen molar-refractivity contribution in [2.45, 2.75) is 44.0 Å². The molecule has 1 aromatic heterocycles. The van der Waals surface area contributed by atoms with Gasteiger partial charge in [-0.05, 0) is 24.0 Å². The van der Waals surface area contributed by atoms with E-state index in [0.717, 1.165) is 22.0 Å². The van der Waals surface area contributed by atoms with Crippen LogP contribution in [0.3, 0.4) is 0 Å². The first-order chi connectivity index (χ1) is 13.0. The number of hydrogen-bond acceptors (Lipinski definition) is 5. The number of halogens is 3. The van der Waals surface area contributed by atoms with E-state index in [4.69, 9.17) is 0 Å². The molecule has 2 unspecified atom stereocenters. The van der Waals surface area contributed by atoms with Crippen molar-refractivity contribution in [3.63, 3.8) is 0 Å². The molecular formula is C18H20F3N3O2S. The van der Waals surface area contributed by atoms with Crippen molar-refractivity contribution in [1.29, 1.82) is 0 Å². The normalized spacial score (nSPS) is 16.3. The van der Waals surface area contributed by atoms with Crippen LogP contribution < -0.4 is 10.6 Å². The van der Waals surface area contributed by atoms with E-state index in [1.807, 2.05) is 5.32 Å². The largest absolute Gasteiger partial charge is 0.386 e. The molecule has 0 bridgehead atoms. The molecule has 1 aromatic carbocycles. The van der Waals surface area contributed by atoms with E-state index in [1.54, 1.807) is 41.8 Å². The number of aliphatic hydroxyl groups excluding tert-OH is 1. The average Bonchev–Trinajstić information content (AvgIpc) is 3.39. The molecule has 0 spiro atoms. The van der Waals surface area contributed by atoms with E-state index in [-0.39, 0.29) is 0 Å². The van der Waals surface area contributed by atoms with E-state index >= 15 is 0 Å². The van der Waals surface area contributed by atoms with E-state index < -0.39 is 31.2 Å². The predicted molar refractivity (Wildman–Crippen MR) is 96.3 cm³/mol. The Bertz CT molecular complexity index is 765. The lowest BCUT2D eigenvalue weighted by Gasteiger charge is -2.21. The van der Waals surface area contributed by atoms with Crippen LogP contribution in [0.5, 0.6) is 0 Å². The van der Waals surface area contributed by atoms with Crippen LogP contribution in [0.25, 0.3) is 10.4 Å². The Balaban J connectivity index is 1.64. The number of hydrogen-bond donors (Lipinski definition) is 3. The quantitative estimate of drug-likeness (QED) is 0.606. The average molecular weight is 399 g/mol. The number of aromatic nitrogens is 1. The summed E-state index contributed by atoms with van der Waals surface area (Å²) in [4.78, 5) is 16.4. The molecule has 2 atom stereocenters. The standard InChI is InChI=1S/C18H20F3N3O2S/c19-7-13(24-18(26)17(20)21)16(25)11-3-1-10(2-4-11)14-8-23-15(27-14)9-22-12-5-6-12/h1-4,8,12-13,16-17,22,25H,5-7,9H2,(H,24,26). The molecule has 1 fully saturated rings. The molecule has 3 N–H and O–H groups in total. The fraction of sp³-hybridized carbons (Fsp3) is 0.444. The van der Waals surface area contributed by atoms with Crippen LogP contribution in [0.4, 0.5) is 13.2 Å². The van der Waals surface area contributed by atoms with Gasteiger partial charge in [0.2, 0.25) is 0 Å². The predicted octanol–water partition coefficient (Wildman–Crippen LogP) is 2.81. The van der Waals surface area contributed by atoms with E-state index in [0.29, 0.717) is 11.6 Å². The van der Waals surface area contributed by atoms with E-state index in [9.17, 15) is 23.1 Å². The Morgan fingerprint density at radius 2 is 2.00 bits per heavy atom. The van der Waals surface area contributed by atoms with Crippen molar-refractivity contribution in [3.05, 3.63) is 41.0 Å². The fourth-order valence-electron chi connectivity index (χ4n) is 2.57. The molecule has 0 saturated heterocycles. The maximum atomic E-state index is 13.1. The van der Waals surface area contributed by atoms with Crippen LogP contribution >= 0.6 is 11.3 Å². The summed E-state index contributed by atoms with van der Waals surface area (Å²) in [7, 11) is 0. The maximum Gasteiger partial charge on any atom is 0.315 e. The molecular weight excluding hydrogens is 379 g/mol. The highest BCUT2D eigenvalue weighted by atomic mass is 32.1. The first-order valence-electron chi connectivity index (χ1n) is 8.59. The number of thiazole rings is 1. The summed E-state index contributed by atoms with van der Waals surface area (Å²) in [6.45, 7) is -0.429. The second-order valence-corrected chi connectivity index (χ2v) is 7.53. The minimum Gasteiger partial charge on any atom is -0.386 e. The Morgan fingerprint density at radius 1 is 1.30 bits per heavy atom. The molecule has 1 amide bonds. The van der Waals surface area contributed by atoms with Crippen LogP contribution in [0.1, 0.15) is 29.5 Å². The van der Waals surface area contributed by atoms with Crippen molar-refractivity contribution < 1.29 is 23.1 Å². The van der Waals surface area contributed by atoms with Gasteiger partial charge in [-0.2, -0.15) is 8.78 Å². The first-order valence-corrected chi connectivity index (χ1v) is 9.40. The highest BCUT2D eigenvalue weighted by Crippen LogP contribution is 2.29. The Morgan fingerprint density at radius 3 is 2.59 bits per heavy atom. The number of carbonyl (C=O) groups excluding carboxylic acids is 1. The summed E-state index contributed by atoms with van der Waals surface area (Å²) in [5, 5.41) is 16.4. The molecule has 5 nitrogen and oxygen atoms in total. The third-order valence-corrected chi connectivity index (χ3v) is 5.33. The van der Waals surface area contributed by atoms with Gasteiger partial charge in [0.1, 0.15) is 17.8 Å². The summed E-state index contributed by atoms with van der Waals surface area (Å²) in [6.07, 6.45) is -0.498. The lowest BCUT2D eigenvalue weighted by molar-refractivity contribution is -0.133. The number of carbonyl (C=O) groups is 1. The molecule has 2 aromatic rings. The number of rotatable bonds is 9. The highest BCUT2D eigenvalue weighted by molar-refractivity contribution is 7.15. The summed E-state index contributed by atoms with van der Waals surface area (Å²) in [6, 6.07) is 5.83. The van der Waals surface area contributed by atoms with Gasteiger partial charge in [-0.1, -0.05) is 24.3 Å². The zero-order valence-electron chi connectivity index (χ0n) is 14.4. The summed E-state index contributed by atoms with van der Waals surface area (Å²) < 4.78 is 37.7. The minimum absolute atomic E-state index is 0.330. The number of benzene rings is 1. The van der Waals surface area contributed by atoms with Crippen LogP contribution in [-0.4, -0.2) is 41.2 Å². The molecule has 1 saturated carbocycles. The minimum atomic E-state index is -3.26. The van der Waals surface area contributed by atoms with Crippen LogP contribution in [0.15, 0.2) is 30.5 Å². The Labute approximate surface area is 158 Å². The monoisotopic (exact) mass is 399 g/mol. The summed E-state index contributed by atoms with van der Waals surface area (Å²) in [5.74, 6) is -1.61. The smallest absolute Gasteiger partial charge is 0.315 e. The molecule has 0 radical (unpaired) electrons. The number of nitrogens with one attached hydrogen (secondary N) is 2. The molecule has 1 aliphatic carbocycles. The van der Waals surface area contributed by atoms with Gasteiger partial charge in [-0.3, -0.25) is 4.79 Å². The lowest BCUT2D eigenvalue weighted by atomic mass is 10.0. The summed E-state index contributed by atoms with van der Waals surface area (Å²) >= 11 is 1.56. The second-order valence-electron chi connectivity index (χ2n) is 6.41. The van der Waals surface area contributed by atoms with Gasteiger partial charge >= 0.3 is 6.43 Å². The van der Waals surface area contributed by atoms with Crippen molar-refractivity contribution in [1.82, 2.24) is 15.6 Å². The second kappa shape index (κ2) is 8.81. The van der Waals surface area contributed by atoms with Crippen molar-refractivity contribution in [2.24, 2.45) is 0 Å². The van der Waals surface area contributed by atoms with Crippen molar-refractivity contribution >= 4 is 17.2 Å². The molecule has 3 rings (SSSR count). The summed E-state index contributed by atoms with van der Waals surface area (Å²) in [5.41, 5.74) is 1.21. The molecule has 0 aliphatic heterocycles. The lowest BCUT2D eigenvalue weighted by Crippen LogP contribution is -2.43. The van der Waals surface area contributed by atoms with E-state index in [2.05, 4.69) is 10.3 Å². The van der Waals surface area contributed by atoms with Crippen LogP contribution in [0.2, 0.25) is 0 Å². The molecule has 1 aliphatic rings. The van der Waals surface area contributed by atoms with Gasteiger partial charge in [-0.25, -0.2) is 9.37 Å². The number of alkyl halides is 3. The fourth-order valence-corrected chi connectivity index (χ4v) is 3.44. The van der Waals surface area contributed by atoms with Gasteiger partial charge in [0.25, 0.3) is 5.91 Å². The van der Waals surface area contributed by atoms with Gasteiger partial charge in [-0.15, -0.1) is 11.3 Å². The van der Waals surface area contributed by atoms with E-state index in [1.165, 1.54) is 12.8 Å². The molecule has 9 heteroatoms. The highest BCUT2D eigenvalue weighted by Gasteiger charge is 2.26. The topological polar surface area (TPSA) is 74.2 Å². The van der Waals surface area contributed by atoms with Gasteiger partial charge in [0, 0.05) is 18.8 Å². The van der Waals surface area contributed by atoms with Gasteiger partial charge in [0.05, 0.1) is 10.9 Å². The zero-order chi connectivity index (χ0) is 19.4. The number of nitrogens with zero attached hydrogens (tertiary/aromatic N) is 1. The third kappa shape index (κ3) is 5.27. The third-order valence-electron chi connectivity index (χ3n) is 4.28. The molecule has 146 valence electrons. The van der Waals surface area contributed by atoms with Crippen LogP contribution in [0, 0.1) is 0 Å². The SMILES string of the molecule is O=C(NC(CF)C(O)c1ccc(-c2cnc(CNC3CC3)s2)cc1)C(F)F. The van der Waals surface area contributed by atoms with Gasteiger partial charge < -0.3 is 15.7 Å². The molecule has 1 heterocycles. The maximum absolute atomic E-state index is 13.1.